The van der Waals surface area contributed by atoms with Crippen molar-refractivity contribution in [2.75, 3.05) is 0 Å². The minimum absolute atomic E-state index is 0.0137. The van der Waals surface area contributed by atoms with Crippen molar-refractivity contribution >= 4 is 12.9 Å². The van der Waals surface area contributed by atoms with Crippen LogP contribution in [0.25, 0.3) is 0 Å². The summed E-state index contributed by atoms with van der Waals surface area (Å²) in [6.45, 7) is 2.17. The van der Waals surface area contributed by atoms with Gasteiger partial charge in [0.1, 0.15) is 5.84 Å². The lowest BCUT2D eigenvalue weighted by atomic mass is 9.78. The van der Waals surface area contributed by atoms with E-state index in [-0.39, 0.29) is 7.05 Å². The van der Waals surface area contributed by atoms with Crippen LogP contribution in [0.1, 0.15) is 25.3 Å². The highest BCUT2D eigenvalue weighted by Gasteiger charge is 2.23. The third-order valence-corrected chi connectivity index (χ3v) is 2.42. The van der Waals surface area contributed by atoms with Crippen LogP contribution in [0.5, 0.6) is 0 Å². The Kier molecular flexibility index (Phi) is 3.40. The van der Waals surface area contributed by atoms with Crippen molar-refractivity contribution in [3.8, 4) is 0 Å². The minimum atomic E-state index is -0.0137. The van der Waals surface area contributed by atoms with Crippen molar-refractivity contribution in [2.24, 2.45) is 4.90 Å². The van der Waals surface area contributed by atoms with E-state index >= 15 is 0 Å². The molecule has 0 atom stereocenters. The van der Waals surface area contributed by atoms with Crippen molar-refractivity contribution < 1.29 is 4.76 Å². The zero-order valence-corrected chi connectivity index (χ0v) is 8.94. The van der Waals surface area contributed by atoms with Gasteiger partial charge in [-0.05, 0) is 6.32 Å². The molecule has 0 fully saturated rings. The monoisotopic (exact) mass is 202 g/mol. The van der Waals surface area contributed by atoms with Crippen LogP contribution in [-0.2, 0) is 4.76 Å². The number of hydrogen-bond acceptors (Lipinski definition) is 3. The molecule has 4 heteroatoms. The molecule has 0 radical (unpaired) electrons. The number of nitrogens with one attached hydrogen (secondary N) is 1. The van der Waals surface area contributed by atoms with Crippen LogP contribution in [0.15, 0.2) is 35.2 Å². The summed E-state index contributed by atoms with van der Waals surface area (Å²) < 4.78 is 5.37. The number of nitrogens with zero attached hydrogens (tertiary/aromatic N) is 1. The Bertz CT molecular complexity index is 340. The van der Waals surface area contributed by atoms with Crippen LogP contribution in [0, 0.1) is 0 Å². The van der Waals surface area contributed by atoms with Gasteiger partial charge < -0.3 is 4.76 Å². The molecule has 1 aromatic rings. The van der Waals surface area contributed by atoms with Crippen molar-refractivity contribution in [3.05, 3.63) is 35.9 Å². The molecule has 0 saturated carbocycles. The van der Waals surface area contributed by atoms with E-state index in [4.69, 9.17) is 4.76 Å². The largest absolute Gasteiger partial charge is 0.461 e. The Labute approximate surface area is 90.6 Å². The quantitative estimate of drug-likeness (QED) is 0.759. The van der Waals surface area contributed by atoms with E-state index in [2.05, 4.69) is 17.3 Å². The maximum atomic E-state index is 5.37. The molecule has 1 aliphatic heterocycles. The summed E-state index contributed by atoms with van der Waals surface area (Å²) in [5.41, 5.74) is 3.96. The molecule has 0 spiro atoms. The fourth-order valence-corrected chi connectivity index (χ4v) is 1.55. The maximum Gasteiger partial charge on any atom is 0.461 e. The van der Waals surface area contributed by atoms with Gasteiger partial charge in [0, 0.05) is 5.56 Å². The average molecular weight is 202 g/mol. The first-order valence-corrected chi connectivity index (χ1v) is 5.45. The van der Waals surface area contributed by atoms with Crippen molar-refractivity contribution in [1.82, 2.24) is 5.48 Å². The topological polar surface area (TPSA) is 33.6 Å². The van der Waals surface area contributed by atoms with E-state index < -0.39 is 0 Å². The molecule has 1 aromatic carbocycles. The van der Waals surface area contributed by atoms with Gasteiger partial charge in [-0.1, -0.05) is 50.1 Å². The predicted octanol–water partition coefficient (Wildman–Crippen LogP) is 2.26. The Balaban J connectivity index is 2.00. The Morgan fingerprint density at radius 1 is 1.33 bits per heavy atom. The number of rotatable bonds is 4. The van der Waals surface area contributed by atoms with E-state index in [9.17, 15) is 0 Å². The van der Waals surface area contributed by atoms with Gasteiger partial charge in [-0.15, -0.1) is 0 Å². The number of unbranched alkanes of at least 4 members (excludes halogenated alkanes) is 1. The van der Waals surface area contributed by atoms with Crippen LogP contribution in [0.4, 0.5) is 0 Å². The Morgan fingerprint density at radius 3 is 2.87 bits per heavy atom. The summed E-state index contributed by atoms with van der Waals surface area (Å²) in [5, 5.41) is 0. The normalized spacial score (nSPS) is 15.0. The fourth-order valence-electron chi connectivity index (χ4n) is 1.55. The second kappa shape index (κ2) is 4.98. The molecule has 3 nitrogen and oxygen atoms in total. The molecule has 0 saturated heterocycles. The van der Waals surface area contributed by atoms with E-state index in [1.165, 1.54) is 6.42 Å². The van der Waals surface area contributed by atoms with Gasteiger partial charge in [0.2, 0.25) is 0 Å². The summed E-state index contributed by atoms with van der Waals surface area (Å²) in [7, 11) is -0.0137. The highest BCUT2D eigenvalue weighted by molar-refractivity contribution is 6.53. The Hall–Kier alpha value is -1.29. The van der Waals surface area contributed by atoms with Crippen LogP contribution >= 0.6 is 0 Å². The molecule has 0 aromatic heterocycles. The average Bonchev–Trinajstić information content (AvgIpc) is 2.76. The zero-order valence-electron chi connectivity index (χ0n) is 8.94. The standard InChI is InChI=1S/C11H15BN2O/c1-2-3-9-12-13-11(14-15-12)10-7-5-4-6-8-10/h4-8H,2-3,9H2,1H3,(H,13,14). The highest BCUT2D eigenvalue weighted by atomic mass is 16.6. The summed E-state index contributed by atoms with van der Waals surface area (Å²) in [4.78, 5) is 4.48. The maximum absolute atomic E-state index is 5.37. The van der Waals surface area contributed by atoms with Gasteiger partial charge in [-0.3, -0.25) is 10.4 Å². The molecular formula is C11H15BN2O. The number of amidine groups is 1. The van der Waals surface area contributed by atoms with Gasteiger partial charge in [-0.2, -0.15) is 0 Å². The van der Waals surface area contributed by atoms with Gasteiger partial charge in [0.25, 0.3) is 0 Å². The minimum Gasteiger partial charge on any atom is -0.306 e. The first-order valence-electron chi connectivity index (χ1n) is 5.45. The second-order valence-electron chi connectivity index (χ2n) is 3.66. The van der Waals surface area contributed by atoms with Crippen LogP contribution in [0.2, 0.25) is 6.32 Å². The SMILES string of the molecule is CCCCB1N=C(c2ccccc2)NO1. The van der Waals surface area contributed by atoms with Crippen molar-refractivity contribution in [2.45, 2.75) is 26.1 Å². The number of hydrogen-bond donors (Lipinski definition) is 1. The summed E-state index contributed by atoms with van der Waals surface area (Å²) in [6, 6.07) is 10.0. The molecule has 15 heavy (non-hydrogen) atoms. The van der Waals surface area contributed by atoms with Gasteiger partial charge in [-0.25, -0.2) is 0 Å². The molecule has 0 aliphatic carbocycles. The highest BCUT2D eigenvalue weighted by Crippen LogP contribution is 2.10. The summed E-state index contributed by atoms with van der Waals surface area (Å²) in [6.07, 6.45) is 3.31. The van der Waals surface area contributed by atoms with E-state index in [1.54, 1.807) is 0 Å². The molecule has 1 aliphatic rings. The molecule has 0 bridgehead atoms. The van der Waals surface area contributed by atoms with Crippen molar-refractivity contribution in [1.29, 1.82) is 0 Å². The van der Waals surface area contributed by atoms with Crippen LogP contribution in [-0.4, -0.2) is 12.9 Å². The smallest absolute Gasteiger partial charge is 0.306 e. The summed E-state index contributed by atoms with van der Waals surface area (Å²) >= 11 is 0. The second-order valence-corrected chi connectivity index (χ2v) is 3.66. The predicted molar refractivity (Wildman–Crippen MR) is 62.7 cm³/mol. The molecular weight excluding hydrogens is 187 g/mol. The third-order valence-electron chi connectivity index (χ3n) is 2.42. The van der Waals surface area contributed by atoms with Gasteiger partial charge in [0.15, 0.2) is 0 Å². The molecule has 78 valence electrons. The number of hydroxylamine groups is 1. The van der Waals surface area contributed by atoms with Gasteiger partial charge in [0.05, 0.1) is 0 Å². The molecule has 2 rings (SSSR count). The van der Waals surface area contributed by atoms with Crippen LogP contribution in [0.3, 0.4) is 0 Å². The van der Waals surface area contributed by atoms with E-state index in [0.717, 1.165) is 24.1 Å². The van der Waals surface area contributed by atoms with Crippen molar-refractivity contribution in [3.63, 3.8) is 0 Å². The number of benzene rings is 1. The Morgan fingerprint density at radius 2 is 2.13 bits per heavy atom. The van der Waals surface area contributed by atoms with Gasteiger partial charge >= 0.3 is 7.05 Å². The molecule has 0 unspecified atom stereocenters. The first kappa shape index (κ1) is 10.2. The zero-order chi connectivity index (χ0) is 10.5. The molecule has 1 heterocycles. The fraction of sp³-hybridized carbons (Fsp3) is 0.364. The van der Waals surface area contributed by atoms with E-state index in [1.807, 2.05) is 30.3 Å². The van der Waals surface area contributed by atoms with E-state index in [0.29, 0.717) is 0 Å². The molecule has 0 amide bonds. The lowest BCUT2D eigenvalue weighted by Crippen LogP contribution is -2.20. The lowest BCUT2D eigenvalue weighted by Gasteiger charge is -2.00. The lowest BCUT2D eigenvalue weighted by molar-refractivity contribution is 0.277. The summed E-state index contributed by atoms with van der Waals surface area (Å²) in [5.74, 6) is 0.844. The first-order chi connectivity index (χ1) is 7.40. The molecule has 1 N–H and O–H groups in total. The third kappa shape index (κ3) is 2.60. The van der Waals surface area contributed by atoms with Crippen LogP contribution < -0.4 is 5.48 Å².